The summed E-state index contributed by atoms with van der Waals surface area (Å²) in [6, 6.07) is 2.90. The number of hydrogen-bond acceptors (Lipinski definition) is 2. The Morgan fingerprint density at radius 1 is 1.42 bits per heavy atom. The molecule has 0 aromatic rings. The van der Waals surface area contributed by atoms with Crippen molar-refractivity contribution in [1.29, 1.82) is 0 Å². The highest BCUT2D eigenvalue weighted by Crippen LogP contribution is 2.04. The molecule has 0 aromatic carbocycles. The van der Waals surface area contributed by atoms with Crippen molar-refractivity contribution in [1.82, 2.24) is 4.90 Å². The summed E-state index contributed by atoms with van der Waals surface area (Å²) in [4.78, 5) is 13.0. The lowest BCUT2D eigenvalue weighted by Gasteiger charge is -2.04. The van der Waals surface area contributed by atoms with Gasteiger partial charge in [-0.25, -0.2) is 0 Å². The van der Waals surface area contributed by atoms with Crippen LogP contribution in [0, 0.1) is 12.0 Å². The van der Waals surface area contributed by atoms with E-state index >= 15 is 0 Å². The van der Waals surface area contributed by atoms with Gasteiger partial charge < -0.3 is 4.90 Å². The van der Waals surface area contributed by atoms with E-state index in [1.54, 1.807) is 0 Å². The molecule has 0 N–H and O–H groups in total. The zero-order valence-corrected chi connectivity index (χ0v) is 7.60. The zero-order valence-electron chi connectivity index (χ0n) is 7.60. The van der Waals surface area contributed by atoms with Crippen LogP contribution in [0.15, 0.2) is 0 Å². The molecule has 1 rings (SSSR count). The van der Waals surface area contributed by atoms with Crippen LogP contribution in [-0.2, 0) is 4.79 Å². The van der Waals surface area contributed by atoms with Gasteiger partial charge in [-0.15, -0.1) is 0 Å². The summed E-state index contributed by atoms with van der Waals surface area (Å²) in [6.07, 6.45) is 3.93. The Kier molecular flexibility index (Phi) is 3.66. The Labute approximate surface area is 73.9 Å². The van der Waals surface area contributed by atoms with Crippen molar-refractivity contribution in [2.24, 2.45) is 0 Å². The van der Waals surface area contributed by atoms with Crippen LogP contribution in [0.5, 0.6) is 0 Å². The number of carbonyl (C=O) groups excluding carboxylic acids is 1. The molecular weight excluding hydrogens is 150 g/mol. The van der Waals surface area contributed by atoms with Crippen molar-refractivity contribution < 1.29 is 4.79 Å². The monoisotopic (exact) mass is 165 g/mol. The minimum Gasteiger partial charge on any atom is -0.332 e. The predicted molar refractivity (Wildman–Crippen MR) is 48.5 cm³/mol. The molecule has 0 bridgehead atoms. The molecule has 1 fully saturated rings. The summed E-state index contributed by atoms with van der Waals surface area (Å²) in [5.41, 5.74) is 0. The van der Waals surface area contributed by atoms with Gasteiger partial charge in [-0.05, 0) is 25.2 Å². The first-order valence-electron chi connectivity index (χ1n) is 4.62. The molecule has 0 spiro atoms. The summed E-state index contributed by atoms with van der Waals surface area (Å²) in [6.45, 7) is 4.06. The van der Waals surface area contributed by atoms with E-state index in [9.17, 15) is 4.79 Å². The fourth-order valence-electron chi connectivity index (χ4n) is 1.26. The lowest BCUT2D eigenvalue weighted by atomic mass is 10.2. The number of Topliss-reactive ketones (excluding diaryl/α,β-unsaturated/α-hetero) is 1. The van der Waals surface area contributed by atoms with Crippen LogP contribution in [0.25, 0.3) is 0 Å². The van der Waals surface area contributed by atoms with Crippen LogP contribution in [0.1, 0.15) is 32.6 Å². The molecule has 1 aliphatic heterocycles. The summed E-state index contributed by atoms with van der Waals surface area (Å²) < 4.78 is 0. The van der Waals surface area contributed by atoms with Gasteiger partial charge in [0, 0.05) is 25.6 Å². The molecule has 12 heavy (non-hydrogen) atoms. The zero-order chi connectivity index (χ0) is 8.81. The number of hydrogen-bond donors (Lipinski definition) is 0. The van der Waals surface area contributed by atoms with Crippen LogP contribution in [0.3, 0.4) is 0 Å². The van der Waals surface area contributed by atoms with Crippen molar-refractivity contribution in [2.45, 2.75) is 32.6 Å². The molecular formula is C10H15NO. The average molecular weight is 165 g/mol. The van der Waals surface area contributed by atoms with Gasteiger partial charge in [-0.2, -0.15) is 0 Å². The van der Waals surface area contributed by atoms with Gasteiger partial charge >= 0.3 is 0 Å². The highest BCUT2D eigenvalue weighted by atomic mass is 16.1. The van der Waals surface area contributed by atoms with Gasteiger partial charge in [-0.1, -0.05) is 6.92 Å². The molecule has 0 aliphatic carbocycles. The Bertz CT molecular complexity index is 206. The van der Waals surface area contributed by atoms with Crippen molar-refractivity contribution in [3.63, 3.8) is 0 Å². The average Bonchev–Trinajstić information content (AvgIpc) is 2.53. The van der Waals surface area contributed by atoms with E-state index in [1.165, 1.54) is 12.8 Å². The number of rotatable bonds is 2. The van der Waals surface area contributed by atoms with E-state index in [2.05, 4.69) is 12.0 Å². The Balaban J connectivity index is 2.30. The largest absolute Gasteiger partial charge is 0.332 e. The van der Waals surface area contributed by atoms with E-state index in [4.69, 9.17) is 0 Å². The Morgan fingerprint density at radius 3 is 2.67 bits per heavy atom. The Morgan fingerprint density at radius 2 is 2.08 bits per heavy atom. The molecule has 1 heterocycles. The molecule has 2 nitrogen and oxygen atoms in total. The van der Waals surface area contributed by atoms with Gasteiger partial charge in [0.15, 0.2) is 0 Å². The van der Waals surface area contributed by atoms with Gasteiger partial charge in [0.1, 0.15) is 0 Å². The molecule has 0 radical (unpaired) electrons. The third-order valence-electron chi connectivity index (χ3n) is 1.94. The highest BCUT2D eigenvalue weighted by molar-refractivity contribution is 5.95. The van der Waals surface area contributed by atoms with E-state index in [0.717, 1.165) is 19.5 Å². The lowest BCUT2D eigenvalue weighted by Crippen LogP contribution is -2.11. The molecule has 1 aliphatic rings. The maximum absolute atomic E-state index is 11.0. The van der Waals surface area contributed by atoms with Crippen LogP contribution in [0.2, 0.25) is 0 Å². The first kappa shape index (κ1) is 9.12. The second-order valence-electron chi connectivity index (χ2n) is 3.10. The smallest absolute Gasteiger partial charge is 0.207 e. The van der Waals surface area contributed by atoms with Crippen molar-refractivity contribution in [2.75, 3.05) is 13.1 Å². The van der Waals surface area contributed by atoms with Gasteiger partial charge in [0.25, 0.3) is 0 Å². The fourth-order valence-corrected chi connectivity index (χ4v) is 1.26. The second kappa shape index (κ2) is 4.82. The maximum atomic E-state index is 11.0. The third kappa shape index (κ3) is 2.96. The van der Waals surface area contributed by atoms with Crippen LogP contribution >= 0.6 is 0 Å². The molecule has 0 atom stereocenters. The summed E-state index contributed by atoms with van der Waals surface area (Å²) >= 11 is 0. The third-order valence-corrected chi connectivity index (χ3v) is 1.94. The first-order valence-corrected chi connectivity index (χ1v) is 4.62. The van der Waals surface area contributed by atoms with Gasteiger partial charge in [0.05, 0.1) is 0 Å². The number of nitrogens with zero attached hydrogens (tertiary/aromatic N) is 1. The van der Waals surface area contributed by atoms with E-state index in [-0.39, 0.29) is 5.78 Å². The molecule has 1 saturated heterocycles. The molecule has 66 valence electrons. The van der Waals surface area contributed by atoms with Crippen molar-refractivity contribution in [3.8, 4) is 12.0 Å². The van der Waals surface area contributed by atoms with Crippen LogP contribution in [-0.4, -0.2) is 23.8 Å². The van der Waals surface area contributed by atoms with E-state index in [1.807, 2.05) is 11.8 Å². The topological polar surface area (TPSA) is 20.3 Å². The minimum atomic E-state index is 0.0735. The van der Waals surface area contributed by atoms with Crippen LogP contribution < -0.4 is 0 Å². The van der Waals surface area contributed by atoms with E-state index in [0.29, 0.717) is 6.42 Å². The number of ketones is 1. The first-order chi connectivity index (χ1) is 5.83. The molecule has 0 amide bonds. The Hall–Kier alpha value is -0.970. The maximum Gasteiger partial charge on any atom is 0.207 e. The SMILES string of the molecule is CCCC(=O)C#CN1CCCC1. The quantitative estimate of drug-likeness (QED) is 0.577. The highest BCUT2D eigenvalue weighted by Gasteiger charge is 2.06. The minimum absolute atomic E-state index is 0.0735. The fraction of sp³-hybridized carbons (Fsp3) is 0.700. The number of carbonyl (C=O) groups is 1. The molecule has 0 saturated carbocycles. The van der Waals surface area contributed by atoms with Crippen molar-refractivity contribution >= 4 is 5.78 Å². The summed E-state index contributed by atoms with van der Waals surface area (Å²) in [5.74, 6) is 2.74. The second-order valence-corrected chi connectivity index (χ2v) is 3.10. The van der Waals surface area contributed by atoms with Crippen LogP contribution in [0.4, 0.5) is 0 Å². The lowest BCUT2D eigenvalue weighted by molar-refractivity contribution is -0.113. The molecule has 0 aromatic heterocycles. The summed E-state index contributed by atoms with van der Waals surface area (Å²) in [5, 5.41) is 0. The van der Waals surface area contributed by atoms with Gasteiger partial charge in [0.2, 0.25) is 5.78 Å². The molecule has 0 unspecified atom stereocenters. The molecule has 2 heteroatoms. The predicted octanol–water partition coefficient (Wildman–Crippen LogP) is 1.41. The summed E-state index contributed by atoms with van der Waals surface area (Å²) in [7, 11) is 0. The van der Waals surface area contributed by atoms with Gasteiger partial charge in [-0.3, -0.25) is 4.79 Å². The standard InChI is InChI=1S/C10H15NO/c1-2-5-10(12)6-9-11-7-3-4-8-11/h2-5,7-8H2,1H3. The number of likely N-dealkylation sites (tertiary alicyclic amines) is 1. The van der Waals surface area contributed by atoms with E-state index < -0.39 is 0 Å². The van der Waals surface area contributed by atoms with Crippen molar-refractivity contribution in [3.05, 3.63) is 0 Å². The normalized spacial score (nSPS) is 15.6.